The molecular formula is C14H20N4O. The van der Waals surface area contributed by atoms with Crippen LogP contribution in [0.4, 0.5) is 0 Å². The number of nitrogens with one attached hydrogen (secondary N) is 1. The number of fused-ring (bicyclic) bond motifs is 1. The van der Waals surface area contributed by atoms with Crippen molar-refractivity contribution >= 4 is 11.0 Å². The zero-order valence-electron chi connectivity index (χ0n) is 11.5. The van der Waals surface area contributed by atoms with E-state index in [-0.39, 0.29) is 5.56 Å². The third kappa shape index (κ3) is 3.62. The van der Waals surface area contributed by atoms with E-state index in [9.17, 15) is 4.79 Å². The lowest BCUT2D eigenvalue weighted by molar-refractivity contribution is 0.398. The standard InChI is InChI=1S/C14H20N4O/c1-17(2)9-7-15-8-10-18-13-6-4-3-5-12(13)16-11-14(18)19/h3-6,11,15H,7-10H2,1-2H3. The van der Waals surface area contributed by atoms with E-state index >= 15 is 0 Å². The second-order valence-electron chi connectivity index (χ2n) is 4.79. The summed E-state index contributed by atoms with van der Waals surface area (Å²) in [5, 5.41) is 3.34. The molecule has 102 valence electrons. The van der Waals surface area contributed by atoms with Crippen LogP contribution < -0.4 is 10.9 Å². The molecule has 19 heavy (non-hydrogen) atoms. The van der Waals surface area contributed by atoms with Crippen LogP contribution >= 0.6 is 0 Å². The van der Waals surface area contributed by atoms with Crippen LogP contribution in [0, 0.1) is 0 Å². The van der Waals surface area contributed by atoms with Crippen molar-refractivity contribution in [3.63, 3.8) is 0 Å². The lowest BCUT2D eigenvalue weighted by atomic mass is 10.3. The summed E-state index contributed by atoms with van der Waals surface area (Å²) in [6.07, 6.45) is 1.39. The molecule has 0 fully saturated rings. The number of nitrogens with zero attached hydrogens (tertiary/aromatic N) is 3. The van der Waals surface area contributed by atoms with Gasteiger partial charge in [-0.25, -0.2) is 4.98 Å². The van der Waals surface area contributed by atoms with Gasteiger partial charge in [-0.2, -0.15) is 0 Å². The molecule has 0 saturated heterocycles. The Hall–Kier alpha value is -1.72. The average molecular weight is 260 g/mol. The molecule has 1 N–H and O–H groups in total. The van der Waals surface area contributed by atoms with E-state index in [0.29, 0.717) is 6.54 Å². The number of hydrogen-bond acceptors (Lipinski definition) is 4. The fraction of sp³-hybridized carbons (Fsp3) is 0.429. The molecule has 2 aromatic rings. The van der Waals surface area contributed by atoms with Crippen LogP contribution in [0.15, 0.2) is 35.3 Å². The largest absolute Gasteiger partial charge is 0.314 e. The van der Waals surface area contributed by atoms with Gasteiger partial charge >= 0.3 is 0 Å². The minimum atomic E-state index is -0.0480. The van der Waals surface area contributed by atoms with E-state index < -0.39 is 0 Å². The average Bonchev–Trinajstić information content (AvgIpc) is 2.40. The lowest BCUT2D eigenvalue weighted by Crippen LogP contribution is -2.31. The number of aromatic nitrogens is 2. The fourth-order valence-electron chi connectivity index (χ4n) is 1.96. The number of hydrogen-bond donors (Lipinski definition) is 1. The van der Waals surface area contributed by atoms with Crippen LogP contribution in [-0.2, 0) is 6.54 Å². The first-order valence-electron chi connectivity index (χ1n) is 6.48. The zero-order chi connectivity index (χ0) is 13.7. The highest BCUT2D eigenvalue weighted by molar-refractivity contribution is 5.74. The fourth-order valence-corrected chi connectivity index (χ4v) is 1.96. The Labute approximate surface area is 112 Å². The van der Waals surface area contributed by atoms with Crippen molar-refractivity contribution in [2.75, 3.05) is 33.7 Å². The van der Waals surface area contributed by atoms with Crippen LogP contribution in [0.2, 0.25) is 0 Å². The summed E-state index contributed by atoms with van der Waals surface area (Å²) in [6.45, 7) is 3.35. The van der Waals surface area contributed by atoms with Crippen molar-refractivity contribution in [3.05, 3.63) is 40.8 Å². The van der Waals surface area contributed by atoms with Gasteiger partial charge in [0.15, 0.2) is 0 Å². The van der Waals surface area contributed by atoms with Crippen molar-refractivity contribution in [1.82, 2.24) is 19.8 Å². The van der Waals surface area contributed by atoms with Crippen molar-refractivity contribution < 1.29 is 0 Å². The Kier molecular flexibility index (Phi) is 4.65. The molecule has 0 aliphatic rings. The highest BCUT2D eigenvalue weighted by Crippen LogP contribution is 2.07. The molecule has 0 aliphatic heterocycles. The predicted octanol–water partition coefficient (Wildman–Crippen LogP) is 0.548. The third-order valence-corrected chi connectivity index (χ3v) is 3.00. The van der Waals surface area contributed by atoms with Crippen molar-refractivity contribution in [2.45, 2.75) is 6.54 Å². The number of likely N-dealkylation sites (N-methyl/N-ethyl adjacent to an activating group) is 1. The second kappa shape index (κ2) is 6.45. The minimum Gasteiger partial charge on any atom is -0.314 e. The Bertz CT molecular complexity index is 591. The molecular weight excluding hydrogens is 240 g/mol. The van der Waals surface area contributed by atoms with Gasteiger partial charge in [-0.15, -0.1) is 0 Å². The van der Waals surface area contributed by atoms with E-state index in [0.717, 1.165) is 30.7 Å². The summed E-state index contributed by atoms with van der Waals surface area (Å²) in [5.74, 6) is 0. The van der Waals surface area contributed by atoms with Gasteiger partial charge in [0.2, 0.25) is 0 Å². The Morgan fingerprint density at radius 1 is 1.26 bits per heavy atom. The van der Waals surface area contributed by atoms with Gasteiger partial charge < -0.3 is 14.8 Å². The second-order valence-corrected chi connectivity index (χ2v) is 4.79. The van der Waals surface area contributed by atoms with E-state index in [4.69, 9.17) is 0 Å². The van der Waals surface area contributed by atoms with E-state index in [1.54, 1.807) is 4.57 Å². The highest BCUT2D eigenvalue weighted by atomic mass is 16.1. The Morgan fingerprint density at radius 3 is 2.84 bits per heavy atom. The molecule has 5 nitrogen and oxygen atoms in total. The molecule has 0 amide bonds. The normalized spacial score (nSPS) is 11.3. The first kappa shape index (κ1) is 13.7. The van der Waals surface area contributed by atoms with Crippen LogP contribution in [0.25, 0.3) is 11.0 Å². The van der Waals surface area contributed by atoms with Gasteiger partial charge in [0.25, 0.3) is 5.56 Å². The van der Waals surface area contributed by atoms with E-state index in [1.165, 1.54) is 6.20 Å². The lowest BCUT2D eigenvalue weighted by Gasteiger charge is -2.12. The molecule has 0 spiro atoms. The molecule has 1 aromatic heterocycles. The molecule has 1 aromatic carbocycles. The van der Waals surface area contributed by atoms with Gasteiger partial charge in [-0.05, 0) is 26.2 Å². The third-order valence-electron chi connectivity index (χ3n) is 3.00. The summed E-state index contributed by atoms with van der Waals surface area (Å²) in [5.41, 5.74) is 1.70. The van der Waals surface area contributed by atoms with Crippen molar-refractivity contribution in [3.8, 4) is 0 Å². The van der Waals surface area contributed by atoms with E-state index in [2.05, 4.69) is 15.2 Å². The summed E-state index contributed by atoms with van der Waals surface area (Å²) in [4.78, 5) is 18.1. The molecule has 5 heteroatoms. The Morgan fingerprint density at radius 2 is 2.05 bits per heavy atom. The highest BCUT2D eigenvalue weighted by Gasteiger charge is 2.02. The quantitative estimate of drug-likeness (QED) is 0.771. The number of benzene rings is 1. The van der Waals surface area contributed by atoms with Gasteiger partial charge in [0.1, 0.15) is 0 Å². The summed E-state index contributed by atoms with van der Waals surface area (Å²) >= 11 is 0. The molecule has 0 unspecified atom stereocenters. The van der Waals surface area contributed by atoms with Crippen molar-refractivity contribution in [1.29, 1.82) is 0 Å². The topological polar surface area (TPSA) is 50.2 Å². The number of rotatable bonds is 6. The van der Waals surface area contributed by atoms with E-state index in [1.807, 2.05) is 38.4 Å². The smallest absolute Gasteiger partial charge is 0.269 e. The molecule has 2 rings (SSSR count). The first-order chi connectivity index (χ1) is 9.18. The van der Waals surface area contributed by atoms with Crippen molar-refractivity contribution in [2.24, 2.45) is 0 Å². The zero-order valence-corrected chi connectivity index (χ0v) is 11.5. The summed E-state index contributed by atoms with van der Waals surface area (Å²) in [6, 6.07) is 7.72. The molecule has 0 bridgehead atoms. The van der Waals surface area contributed by atoms with Crippen LogP contribution in [0.5, 0.6) is 0 Å². The molecule has 0 aliphatic carbocycles. The monoisotopic (exact) mass is 260 g/mol. The maximum absolute atomic E-state index is 11.9. The predicted molar refractivity (Wildman–Crippen MR) is 77.4 cm³/mol. The first-order valence-corrected chi connectivity index (χ1v) is 6.48. The van der Waals surface area contributed by atoms with Gasteiger partial charge in [0, 0.05) is 26.2 Å². The Balaban J connectivity index is 2.04. The van der Waals surface area contributed by atoms with Gasteiger partial charge in [0.05, 0.1) is 17.2 Å². The van der Waals surface area contributed by atoms with Gasteiger partial charge in [-0.3, -0.25) is 4.79 Å². The summed E-state index contributed by atoms with van der Waals surface area (Å²) < 4.78 is 1.77. The van der Waals surface area contributed by atoms with Crippen LogP contribution in [0.1, 0.15) is 0 Å². The van der Waals surface area contributed by atoms with Crippen LogP contribution in [0.3, 0.4) is 0 Å². The maximum atomic E-state index is 11.9. The molecule has 1 heterocycles. The van der Waals surface area contributed by atoms with Gasteiger partial charge in [-0.1, -0.05) is 12.1 Å². The molecule has 0 saturated carbocycles. The SMILES string of the molecule is CN(C)CCNCCn1c(=O)cnc2ccccc21. The van der Waals surface area contributed by atoms with Crippen LogP contribution in [-0.4, -0.2) is 48.2 Å². The summed E-state index contributed by atoms with van der Waals surface area (Å²) in [7, 11) is 4.09. The molecule has 0 radical (unpaired) electrons. The maximum Gasteiger partial charge on any atom is 0.269 e. The molecule has 0 atom stereocenters. The number of para-hydroxylation sites is 2. The minimum absolute atomic E-state index is 0.0480.